The molecule has 0 aliphatic heterocycles. The lowest BCUT2D eigenvalue weighted by Crippen LogP contribution is -2.38. The van der Waals surface area contributed by atoms with Crippen LogP contribution in [0.1, 0.15) is 15.9 Å². The minimum Gasteiger partial charge on any atom is -0.457 e. The molecule has 0 fully saturated rings. The average Bonchev–Trinajstić information content (AvgIpc) is 3.33. The molecular weight excluding hydrogens is 508 g/mol. The Morgan fingerprint density at radius 3 is 2.08 bits per heavy atom. The van der Waals surface area contributed by atoms with Crippen molar-refractivity contribution in [3.8, 4) is 5.69 Å². The molecule has 1 amide bonds. The molecule has 0 saturated carbocycles. The molecule has 0 spiro atoms. The maximum Gasteiger partial charge on any atom is 0.377 e. The van der Waals surface area contributed by atoms with Crippen molar-refractivity contribution in [3.63, 3.8) is 0 Å². The van der Waals surface area contributed by atoms with Gasteiger partial charge in [0.05, 0.1) is 16.9 Å². The fraction of sp³-hybridized carbons (Fsp3) is 0.0357. The molecule has 0 aliphatic carbocycles. The highest BCUT2D eigenvalue weighted by molar-refractivity contribution is 6.01. The first-order valence-corrected chi connectivity index (χ1v) is 11.6. The zero-order valence-corrected chi connectivity index (χ0v) is 20.1. The number of rotatable bonds is 6. The van der Waals surface area contributed by atoms with Crippen LogP contribution in [0.4, 0.5) is 25.0 Å². The number of para-hydroxylation sites is 2. The van der Waals surface area contributed by atoms with E-state index in [9.17, 15) is 23.2 Å². The summed E-state index contributed by atoms with van der Waals surface area (Å²) in [5.74, 6) is -2.74. The zero-order chi connectivity index (χ0) is 27.4. The van der Waals surface area contributed by atoms with E-state index in [1.165, 1.54) is 12.1 Å². The largest absolute Gasteiger partial charge is 0.457 e. The molecule has 1 aromatic heterocycles. The monoisotopic (exact) mass is 527 g/mol. The lowest BCUT2D eigenvalue weighted by atomic mass is 10.1. The van der Waals surface area contributed by atoms with Gasteiger partial charge in [-0.15, -0.1) is 4.68 Å². The zero-order valence-electron chi connectivity index (χ0n) is 20.1. The quantitative estimate of drug-likeness (QED) is 0.231. The number of esters is 1. The molecule has 5 rings (SSSR count). The van der Waals surface area contributed by atoms with E-state index in [0.717, 1.165) is 28.7 Å². The molecule has 11 heteroatoms. The van der Waals surface area contributed by atoms with Gasteiger partial charge >= 0.3 is 17.7 Å². The predicted octanol–water partition coefficient (Wildman–Crippen LogP) is 4.87. The van der Waals surface area contributed by atoms with Gasteiger partial charge in [-0.25, -0.2) is 23.2 Å². The summed E-state index contributed by atoms with van der Waals surface area (Å²) in [4.78, 5) is 40.6. The summed E-state index contributed by atoms with van der Waals surface area (Å²) in [6.45, 7) is 0.0519. The van der Waals surface area contributed by atoms with Crippen molar-refractivity contribution >= 4 is 23.4 Å². The minimum absolute atomic E-state index is 0.0519. The van der Waals surface area contributed by atoms with Crippen LogP contribution in [-0.4, -0.2) is 31.8 Å². The Morgan fingerprint density at radius 2 is 1.38 bits per heavy atom. The number of carbonyl (C=O) groups excluding carboxylic acids is 2. The first-order chi connectivity index (χ1) is 18.9. The van der Waals surface area contributed by atoms with E-state index in [0.29, 0.717) is 15.1 Å². The van der Waals surface area contributed by atoms with E-state index >= 15 is 0 Å². The summed E-state index contributed by atoms with van der Waals surface area (Å²) in [7, 11) is 0. The number of tetrazole rings is 1. The van der Waals surface area contributed by atoms with Crippen LogP contribution in [0.2, 0.25) is 0 Å². The third-order valence-corrected chi connectivity index (χ3v) is 5.67. The fourth-order valence-corrected chi connectivity index (χ4v) is 3.82. The van der Waals surface area contributed by atoms with Gasteiger partial charge in [0.15, 0.2) is 11.6 Å². The molecule has 0 radical (unpaired) electrons. The number of nitrogens with zero attached hydrogens (tertiary/aromatic N) is 5. The van der Waals surface area contributed by atoms with Crippen molar-refractivity contribution < 1.29 is 23.1 Å². The van der Waals surface area contributed by atoms with Gasteiger partial charge in [-0.3, -0.25) is 4.90 Å². The molecule has 0 unspecified atom stereocenters. The molecule has 1 heterocycles. The summed E-state index contributed by atoms with van der Waals surface area (Å²) < 4.78 is 34.7. The number of aromatic nitrogens is 4. The Balaban J connectivity index is 1.50. The first-order valence-electron chi connectivity index (χ1n) is 11.6. The van der Waals surface area contributed by atoms with Gasteiger partial charge in [0.2, 0.25) is 0 Å². The molecule has 39 heavy (non-hydrogen) atoms. The Hall–Kier alpha value is -5.45. The Bertz CT molecular complexity index is 1680. The van der Waals surface area contributed by atoms with Crippen molar-refractivity contribution in [3.05, 3.63) is 136 Å². The predicted molar refractivity (Wildman–Crippen MR) is 137 cm³/mol. The van der Waals surface area contributed by atoms with Crippen LogP contribution in [0, 0.1) is 11.6 Å². The minimum atomic E-state index is -1.19. The molecule has 9 nitrogen and oxygen atoms in total. The molecule has 0 atom stereocenters. The van der Waals surface area contributed by atoms with Gasteiger partial charge in [-0.1, -0.05) is 60.7 Å². The van der Waals surface area contributed by atoms with Crippen molar-refractivity contribution in [2.24, 2.45) is 0 Å². The van der Waals surface area contributed by atoms with E-state index < -0.39 is 35.0 Å². The molecule has 0 N–H and O–H groups in total. The van der Waals surface area contributed by atoms with E-state index in [4.69, 9.17) is 4.74 Å². The van der Waals surface area contributed by atoms with E-state index in [1.807, 2.05) is 30.3 Å². The first kappa shape index (κ1) is 25.2. The average molecular weight is 527 g/mol. The van der Waals surface area contributed by atoms with Crippen LogP contribution in [0.25, 0.3) is 5.69 Å². The molecule has 0 aliphatic rings. The Kier molecular flexibility index (Phi) is 7.04. The topological polar surface area (TPSA) is 99.3 Å². The van der Waals surface area contributed by atoms with Crippen LogP contribution in [0.15, 0.2) is 108 Å². The number of carbonyl (C=O) groups is 2. The number of amides is 1. The van der Waals surface area contributed by atoms with Gasteiger partial charge in [0.25, 0.3) is 0 Å². The van der Waals surface area contributed by atoms with Crippen molar-refractivity contribution in [2.75, 3.05) is 4.90 Å². The smallest absolute Gasteiger partial charge is 0.377 e. The standard InChI is InChI=1S/C28H19F2N5O4/c29-23-15-8-16-24(30)25(23)34-28(38)35(32-31-34)27(37)33(21-12-5-2-6-13-21)22-14-7-11-20(17-22)26(36)39-18-19-9-3-1-4-10-19/h1-17H,18H2. The summed E-state index contributed by atoms with van der Waals surface area (Å²) in [6.07, 6.45) is 0. The van der Waals surface area contributed by atoms with Gasteiger partial charge in [-0.2, -0.15) is 4.68 Å². The number of ether oxygens (including phenoxy) is 1. The van der Waals surface area contributed by atoms with Crippen LogP contribution < -0.4 is 10.6 Å². The molecule has 4 aromatic carbocycles. The summed E-state index contributed by atoms with van der Waals surface area (Å²) in [5.41, 5.74) is -0.465. The third kappa shape index (κ3) is 5.18. The normalized spacial score (nSPS) is 10.7. The fourth-order valence-electron chi connectivity index (χ4n) is 3.82. The van der Waals surface area contributed by atoms with Crippen LogP contribution in [0.5, 0.6) is 0 Å². The lowest BCUT2D eigenvalue weighted by molar-refractivity contribution is 0.0472. The van der Waals surface area contributed by atoms with Gasteiger partial charge in [-0.05, 0) is 58.5 Å². The Labute approximate surface area is 220 Å². The number of hydrogen-bond donors (Lipinski definition) is 0. The summed E-state index contributed by atoms with van der Waals surface area (Å²) >= 11 is 0. The summed E-state index contributed by atoms with van der Waals surface area (Å²) in [5, 5.41) is 7.08. The van der Waals surface area contributed by atoms with Gasteiger partial charge in [0.1, 0.15) is 12.3 Å². The highest BCUT2D eigenvalue weighted by Gasteiger charge is 2.27. The number of anilines is 2. The highest BCUT2D eigenvalue weighted by Crippen LogP contribution is 2.27. The van der Waals surface area contributed by atoms with Crippen LogP contribution in [0.3, 0.4) is 0 Å². The SMILES string of the molecule is O=C(OCc1ccccc1)c1cccc(N(C(=O)n2nnn(-c3c(F)cccc3F)c2=O)c2ccccc2)c1. The third-order valence-electron chi connectivity index (χ3n) is 5.67. The maximum absolute atomic E-state index is 14.3. The maximum atomic E-state index is 14.3. The lowest BCUT2D eigenvalue weighted by Gasteiger charge is -2.22. The summed E-state index contributed by atoms with van der Waals surface area (Å²) in [6, 6.07) is 25.5. The number of benzene rings is 4. The second-order valence-corrected chi connectivity index (χ2v) is 8.22. The van der Waals surface area contributed by atoms with Crippen molar-refractivity contribution in [1.82, 2.24) is 19.8 Å². The molecule has 5 aromatic rings. The van der Waals surface area contributed by atoms with E-state index in [-0.39, 0.29) is 17.9 Å². The second kappa shape index (κ2) is 10.9. The molecular formula is C28H19F2N5O4. The highest BCUT2D eigenvalue weighted by atomic mass is 19.1. The van der Waals surface area contributed by atoms with Crippen LogP contribution in [-0.2, 0) is 11.3 Å². The van der Waals surface area contributed by atoms with Crippen molar-refractivity contribution in [1.29, 1.82) is 0 Å². The molecule has 194 valence electrons. The Morgan fingerprint density at radius 1 is 0.769 bits per heavy atom. The molecule has 0 bridgehead atoms. The molecule has 0 saturated heterocycles. The van der Waals surface area contributed by atoms with E-state index in [2.05, 4.69) is 10.4 Å². The van der Waals surface area contributed by atoms with E-state index in [1.54, 1.807) is 42.5 Å². The van der Waals surface area contributed by atoms with Gasteiger partial charge in [0, 0.05) is 0 Å². The van der Waals surface area contributed by atoms with Crippen LogP contribution >= 0.6 is 0 Å². The second-order valence-electron chi connectivity index (χ2n) is 8.22. The number of halogens is 2. The van der Waals surface area contributed by atoms with Crippen molar-refractivity contribution in [2.45, 2.75) is 6.61 Å². The van der Waals surface area contributed by atoms with Gasteiger partial charge < -0.3 is 4.74 Å². The number of hydrogen-bond acceptors (Lipinski definition) is 6.